The first-order valence-electron chi connectivity index (χ1n) is 6.72. The number of methoxy groups -OCH3 is 1. The third-order valence-electron chi connectivity index (χ3n) is 3.39. The van der Waals surface area contributed by atoms with Gasteiger partial charge in [-0.15, -0.1) is 0 Å². The Morgan fingerprint density at radius 2 is 2.21 bits per heavy atom. The Morgan fingerprint density at radius 1 is 1.47 bits per heavy atom. The number of ether oxygens (including phenoxy) is 2. The molecule has 0 aliphatic carbocycles. The summed E-state index contributed by atoms with van der Waals surface area (Å²) < 4.78 is 11.1. The largest absolute Gasteiger partial charge is 0.497 e. The van der Waals surface area contributed by atoms with Crippen LogP contribution in [0.2, 0.25) is 0 Å². The summed E-state index contributed by atoms with van der Waals surface area (Å²) in [6, 6.07) is 5.88. The van der Waals surface area contributed by atoms with Crippen molar-refractivity contribution in [2.75, 3.05) is 25.9 Å². The maximum absolute atomic E-state index is 6.08. The number of hydrogen-bond acceptors (Lipinski definition) is 4. The first-order chi connectivity index (χ1) is 8.89. The quantitative estimate of drug-likeness (QED) is 0.851. The monoisotopic (exact) mass is 264 g/mol. The molecule has 1 aliphatic heterocycles. The second kappa shape index (κ2) is 5.39. The van der Waals surface area contributed by atoms with Gasteiger partial charge in [-0.05, 0) is 32.4 Å². The lowest BCUT2D eigenvalue weighted by Crippen LogP contribution is -2.51. The van der Waals surface area contributed by atoms with Gasteiger partial charge in [0, 0.05) is 31.4 Å². The van der Waals surface area contributed by atoms with E-state index < -0.39 is 0 Å². The van der Waals surface area contributed by atoms with Crippen LogP contribution in [0, 0.1) is 0 Å². The summed E-state index contributed by atoms with van der Waals surface area (Å²) in [5.74, 6) is 0.803. The summed E-state index contributed by atoms with van der Waals surface area (Å²) in [6.45, 7) is 9.09. The molecule has 0 radical (unpaired) electrons. The zero-order chi connectivity index (χ0) is 14.0. The second-order valence-corrected chi connectivity index (χ2v) is 5.92. The van der Waals surface area contributed by atoms with Crippen molar-refractivity contribution < 1.29 is 9.47 Å². The minimum atomic E-state index is -0.0983. The van der Waals surface area contributed by atoms with Crippen LogP contribution in [0.1, 0.15) is 26.3 Å². The minimum Gasteiger partial charge on any atom is -0.497 e. The number of benzene rings is 1. The molecule has 1 atom stereocenters. The van der Waals surface area contributed by atoms with Crippen LogP contribution >= 0.6 is 0 Å². The van der Waals surface area contributed by atoms with E-state index >= 15 is 0 Å². The molecule has 2 N–H and O–H groups in total. The van der Waals surface area contributed by atoms with E-state index in [9.17, 15) is 0 Å². The van der Waals surface area contributed by atoms with Crippen molar-refractivity contribution in [3.8, 4) is 5.75 Å². The van der Waals surface area contributed by atoms with Crippen LogP contribution in [-0.2, 0) is 11.3 Å². The van der Waals surface area contributed by atoms with Crippen LogP contribution in [-0.4, -0.2) is 36.8 Å². The molecule has 19 heavy (non-hydrogen) atoms. The lowest BCUT2D eigenvalue weighted by Gasteiger charge is -2.41. The Balaban J connectivity index is 2.08. The van der Waals surface area contributed by atoms with Gasteiger partial charge in [-0.25, -0.2) is 0 Å². The van der Waals surface area contributed by atoms with E-state index in [1.165, 1.54) is 0 Å². The number of anilines is 1. The molecular formula is C15H24N2O2. The Kier molecular flexibility index (Phi) is 4.02. The fourth-order valence-corrected chi connectivity index (χ4v) is 2.79. The molecule has 4 heteroatoms. The van der Waals surface area contributed by atoms with Gasteiger partial charge < -0.3 is 15.2 Å². The van der Waals surface area contributed by atoms with E-state index in [0.717, 1.165) is 36.6 Å². The molecule has 0 bridgehead atoms. The lowest BCUT2D eigenvalue weighted by atomic mass is 10.0. The summed E-state index contributed by atoms with van der Waals surface area (Å²) in [5.41, 5.74) is 7.91. The molecule has 2 rings (SSSR count). The summed E-state index contributed by atoms with van der Waals surface area (Å²) in [6.07, 6.45) is 0.253. The van der Waals surface area contributed by atoms with Gasteiger partial charge in [0.1, 0.15) is 5.75 Å². The molecule has 0 aromatic heterocycles. The number of nitrogens with zero attached hydrogens (tertiary/aromatic N) is 1. The normalized spacial score (nSPS) is 23.3. The molecule has 1 aromatic carbocycles. The Hall–Kier alpha value is -1.26. The standard InChI is InChI=1S/C15H24N2O2/c1-11-8-17(10-15(2,3)19-11)9-12-5-6-13(18-4)7-14(12)16/h5-7,11H,8-10,16H2,1-4H3. The number of morpholine rings is 1. The lowest BCUT2D eigenvalue weighted by molar-refractivity contribution is -0.130. The van der Waals surface area contributed by atoms with Crippen LogP contribution in [0.15, 0.2) is 18.2 Å². The fraction of sp³-hybridized carbons (Fsp3) is 0.600. The van der Waals surface area contributed by atoms with Gasteiger partial charge >= 0.3 is 0 Å². The Labute approximate surface area is 115 Å². The highest BCUT2D eigenvalue weighted by Crippen LogP contribution is 2.25. The maximum Gasteiger partial charge on any atom is 0.120 e. The highest BCUT2D eigenvalue weighted by atomic mass is 16.5. The third-order valence-corrected chi connectivity index (χ3v) is 3.39. The highest BCUT2D eigenvalue weighted by molar-refractivity contribution is 5.51. The number of nitrogen functional groups attached to an aromatic ring is 1. The molecule has 4 nitrogen and oxygen atoms in total. The molecule has 0 saturated carbocycles. The molecule has 1 fully saturated rings. The summed E-state index contributed by atoms with van der Waals surface area (Å²) in [7, 11) is 1.65. The van der Waals surface area contributed by atoms with Gasteiger partial charge in [0.05, 0.1) is 18.8 Å². The van der Waals surface area contributed by atoms with Crippen LogP contribution in [0.25, 0.3) is 0 Å². The van der Waals surface area contributed by atoms with Crippen molar-refractivity contribution in [3.63, 3.8) is 0 Å². The van der Waals surface area contributed by atoms with Crippen molar-refractivity contribution in [1.82, 2.24) is 4.90 Å². The molecule has 1 aliphatic rings. The van der Waals surface area contributed by atoms with Gasteiger partial charge in [0.2, 0.25) is 0 Å². The first kappa shape index (κ1) is 14.2. The fourth-order valence-electron chi connectivity index (χ4n) is 2.79. The number of nitrogens with two attached hydrogens (primary N) is 1. The van der Waals surface area contributed by atoms with Crippen molar-refractivity contribution in [2.24, 2.45) is 0 Å². The van der Waals surface area contributed by atoms with Crippen LogP contribution in [0.5, 0.6) is 5.75 Å². The molecule has 106 valence electrons. The van der Waals surface area contributed by atoms with E-state index in [0.29, 0.717) is 0 Å². The molecule has 1 heterocycles. The van der Waals surface area contributed by atoms with Gasteiger partial charge in [0.25, 0.3) is 0 Å². The summed E-state index contributed by atoms with van der Waals surface area (Å²) in [5, 5.41) is 0. The van der Waals surface area contributed by atoms with Crippen LogP contribution < -0.4 is 10.5 Å². The van der Waals surface area contributed by atoms with Gasteiger partial charge in [-0.2, -0.15) is 0 Å². The SMILES string of the molecule is COc1ccc(CN2CC(C)OC(C)(C)C2)c(N)c1. The zero-order valence-electron chi connectivity index (χ0n) is 12.3. The Morgan fingerprint density at radius 3 is 2.79 bits per heavy atom. The smallest absolute Gasteiger partial charge is 0.120 e. The predicted octanol–water partition coefficient (Wildman–Crippen LogP) is 2.28. The van der Waals surface area contributed by atoms with E-state index in [2.05, 4.69) is 25.7 Å². The van der Waals surface area contributed by atoms with Crippen molar-refractivity contribution in [1.29, 1.82) is 0 Å². The van der Waals surface area contributed by atoms with Crippen molar-refractivity contribution >= 4 is 5.69 Å². The van der Waals surface area contributed by atoms with Gasteiger partial charge in [-0.1, -0.05) is 6.07 Å². The van der Waals surface area contributed by atoms with Crippen LogP contribution in [0.4, 0.5) is 5.69 Å². The van der Waals surface area contributed by atoms with E-state index in [1.807, 2.05) is 18.2 Å². The van der Waals surface area contributed by atoms with Crippen LogP contribution in [0.3, 0.4) is 0 Å². The number of rotatable bonds is 3. The summed E-state index contributed by atoms with van der Waals surface area (Å²) >= 11 is 0. The van der Waals surface area contributed by atoms with Crippen molar-refractivity contribution in [3.05, 3.63) is 23.8 Å². The molecule has 1 saturated heterocycles. The van der Waals surface area contributed by atoms with Gasteiger partial charge in [0.15, 0.2) is 0 Å². The molecule has 0 spiro atoms. The van der Waals surface area contributed by atoms with Gasteiger partial charge in [-0.3, -0.25) is 4.90 Å². The van der Waals surface area contributed by atoms with Crippen molar-refractivity contribution in [2.45, 2.75) is 39.0 Å². The Bertz CT molecular complexity index is 446. The second-order valence-electron chi connectivity index (χ2n) is 5.92. The molecule has 0 amide bonds. The first-order valence-corrected chi connectivity index (χ1v) is 6.72. The third kappa shape index (κ3) is 3.61. The van der Waals surface area contributed by atoms with E-state index in [-0.39, 0.29) is 11.7 Å². The maximum atomic E-state index is 6.08. The molecule has 1 unspecified atom stereocenters. The average molecular weight is 264 g/mol. The van der Waals surface area contributed by atoms with E-state index in [4.69, 9.17) is 15.2 Å². The topological polar surface area (TPSA) is 47.7 Å². The predicted molar refractivity (Wildman–Crippen MR) is 77.3 cm³/mol. The number of hydrogen-bond donors (Lipinski definition) is 1. The summed E-state index contributed by atoms with van der Waals surface area (Å²) in [4.78, 5) is 2.40. The zero-order valence-corrected chi connectivity index (χ0v) is 12.3. The average Bonchev–Trinajstić information content (AvgIpc) is 2.29. The highest BCUT2D eigenvalue weighted by Gasteiger charge is 2.31. The minimum absolute atomic E-state index is 0.0983. The molecular weight excluding hydrogens is 240 g/mol. The van der Waals surface area contributed by atoms with E-state index in [1.54, 1.807) is 7.11 Å². The molecule has 1 aromatic rings.